The van der Waals surface area contributed by atoms with Gasteiger partial charge in [0.05, 0.1) is 6.61 Å². The maximum absolute atomic E-state index is 5.91. The van der Waals surface area contributed by atoms with E-state index in [1.165, 1.54) is 22.9 Å². The summed E-state index contributed by atoms with van der Waals surface area (Å²) in [5.41, 5.74) is 1.37. The van der Waals surface area contributed by atoms with Crippen LogP contribution in [0.4, 0.5) is 0 Å². The summed E-state index contributed by atoms with van der Waals surface area (Å²) in [7, 11) is 0. The Morgan fingerprint density at radius 2 is 2.05 bits per heavy atom. The van der Waals surface area contributed by atoms with E-state index in [1.807, 2.05) is 0 Å². The molecule has 3 heteroatoms. The van der Waals surface area contributed by atoms with Crippen LogP contribution in [0.5, 0.6) is 0 Å². The summed E-state index contributed by atoms with van der Waals surface area (Å²) in [6.45, 7) is 7.22. The summed E-state index contributed by atoms with van der Waals surface area (Å²) in [5.74, 6) is 1.38. The lowest BCUT2D eigenvalue weighted by Gasteiger charge is -2.20. The van der Waals surface area contributed by atoms with Crippen molar-refractivity contribution in [3.05, 3.63) is 34.3 Å². The lowest BCUT2D eigenvalue weighted by Crippen LogP contribution is -2.32. The van der Waals surface area contributed by atoms with E-state index in [0.29, 0.717) is 12.0 Å². The molecule has 1 unspecified atom stereocenters. The third kappa shape index (κ3) is 5.94. The lowest BCUT2D eigenvalue weighted by molar-refractivity contribution is 0.0900. The molecule has 1 aromatic rings. The zero-order valence-corrected chi connectivity index (χ0v) is 14.2. The van der Waals surface area contributed by atoms with Gasteiger partial charge in [-0.25, -0.2) is 0 Å². The van der Waals surface area contributed by atoms with E-state index >= 15 is 0 Å². The predicted molar refractivity (Wildman–Crippen MR) is 88.0 cm³/mol. The van der Waals surface area contributed by atoms with E-state index in [9.17, 15) is 0 Å². The second-order valence-corrected chi connectivity index (χ2v) is 7.06. The number of hydrogen-bond donors (Lipinski definition) is 1. The highest BCUT2D eigenvalue weighted by molar-refractivity contribution is 9.10. The largest absolute Gasteiger partial charge is 0.381 e. The van der Waals surface area contributed by atoms with Gasteiger partial charge in [-0.3, -0.25) is 0 Å². The summed E-state index contributed by atoms with van der Waals surface area (Å²) in [4.78, 5) is 0. The zero-order chi connectivity index (χ0) is 14.4. The Hall–Kier alpha value is -0.380. The highest BCUT2D eigenvalue weighted by Gasteiger charge is 2.22. The molecular formula is C17H26BrNO. The summed E-state index contributed by atoms with van der Waals surface area (Å²) in [6.07, 6.45) is 3.78. The van der Waals surface area contributed by atoms with Gasteiger partial charge in [0, 0.05) is 23.7 Å². The van der Waals surface area contributed by atoms with E-state index in [1.54, 1.807) is 0 Å². The van der Waals surface area contributed by atoms with Crippen molar-refractivity contribution in [3.63, 3.8) is 0 Å². The average molecular weight is 340 g/mol. The van der Waals surface area contributed by atoms with Crippen molar-refractivity contribution in [3.8, 4) is 0 Å². The molecule has 1 aliphatic carbocycles. The van der Waals surface area contributed by atoms with E-state index in [2.05, 4.69) is 59.4 Å². The van der Waals surface area contributed by atoms with Crippen molar-refractivity contribution in [2.45, 2.75) is 39.2 Å². The first-order valence-corrected chi connectivity index (χ1v) is 8.49. The molecule has 2 nitrogen and oxygen atoms in total. The highest BCUT2D eigenvalue weighted by atomic mass is 79.9. The smallest absolute Gasteiger partial charge is 0.0509 e. The molecule has 1 aromatic carbocycles. The minimum Gasteiger partial charge on any atom is -0.381 e. The molecule has 1 aliphatic rings. The lowest BCUT2D eigenvalue weighted by atomic mass is 9.99. The minimum absolute atomic E-state index is 0.528. The molecule has 20 heavy (non-hydrogen) atoms. The fourth-order valence-corrected chi connectivity index (χ4v) is 2.70. The fraction of sp³-hybridized carbons (Fsp3) is 0.647. The molecule has 1 fully saturated rings. The molecule has 0 heterocycles. The fourth-order valence-electron chi connectivity index (χ4n) is 2.25. The average Bonchev–Trinajstić information content (AvgIpc) is 3.22. The summed E-state index contributed by atoms with van der Waals surface area (Å²) < 4.78 is 7.11. The van der Waals surface area contributed by atoms with Crippen molar-refractivity contribution in [2.75, 3.05) is 19.8 Å². The van der Waals surface area contributed by atoms with Gasteiger partial charge in [0.25, 0.3) is 0 Å². The SMILES string of the molecule is CC(C)NCC(COCC1CC1)Cc1ccccc1Br. The van der Waals surface area contributed by atoms with E-state index in [-0.39, 0.29) is 0 Å². The van der Waals surface area contributed by atoms with Gasteiger partial charge >= 0.3 is 0 Å². The van der Waals surface area contributed by atoms with Gasteiger partial charge < -0.3 is 10.1 Å². The molecule has 0 radical (unpaired) electrons. The standard InChI is InChI=1S/C17H26BrNO/c1-13(2)19-10-15(12-20-11-14-7-8-14)9-16-5-3-4-6-17(16)18/h3-6,13-15,19H,7-12H2,1-2H3. The molecule has 0 aliphatic heterocycles. The topological polar surface area (TPSA) is 21.3 Å². The zero-order valence-electron chi connectivity index (χ0n) is 12.6. The number of halogens is 1. The third-order valence-electron chi connectivity index (χ3n) is 3.69. The first kappa shape index (κ1) is 16.0. The molecule has 0 spiro atoms. The first-order valence-electron chi connectivity index (χ1n) is 7.69. The van der Waals surface area contributed by atoms with Crippen LogP contribution in [0, 0.1) is 11.8 Å². The Morgan fingerprint density at radius 1 is 1.30 bits per heavy atom. The van der Waals surface area contributed by atoms with Gasteiger partial charge in [-0.1, -0.05) is 48.0 Å². The molecular weight excluding hydrogens is 314 g/mol. The van der Waals surface area contributed by atoms with Gasteiger partial charge in [-0.15, -0.1) is 0 Å². The van der Waals surface area contributed by atoms with Crippen molar-refractivity contribution in [2.24, 2.45) is 11.8 Å². The first-order chi connectivity index (χ1) is 9.65. The van der Waals surface area contributed by atoms with Crippen LogP contribution < -0.4 is 5.32 Å². The Balaban J connectivity index is 1.84. The molecule has 0 amide bonds. The Labute approximate surface area is 131 Å². The van der Waals surface area contributed by atoms with Crippen LogP contribution >= 0.6 is 15.9 Å². The predicted octanol–water partition coefficient (Wildman–Crippen LogP) is 4.03. The molecule has 1 saturated carbocycles. The van der Waals surface area contributed by atoms with Crippen LogP contribution in [-0.2, 0) is 11.2 Å². The van der Waals surface area contributed by atoms with Crippen LogP contribution in [0.1, 0.15) is 32.3 Å². The van der Waals surface area contributed by atoms with Gasteiger partial charge in [-0.05, 0) is 42.7 Å². The molecule has 0 bridgehead atoms. The maximum Gasteiger partial charge on any atom is 0.0509 e. The molecule has 0 saturated heterocycles. The Bertz CT molecular complexity index is 404. The van der Waals surface area contributed by atoms with Crippen molar-refractivity contribution in [1.29, 1.82) is 0 Å². The van der Waals surface area contributed by atoms with Crippen molar-refractivity contribution < 1.29 is 4.74 Å². The van der Waals surface area contributed by atoms with Crippen molar-refractivity contribution >= 4 is 15.9 Å². The van der Waals surface area contributed by atoms with Crippen LogP contribution in [0.25, 0.3) is 0 Å². The van der Waals surface area contributed by atoms with Crippen LogP contribution in [-0.4, -0.2) is 25.8 Å². The Morgan fingerprint density at radius 3 is 2.70 bits per heavy atom. The van der Waals surface area contributed by atoms with Crippen molar-refractivity contribution in [1.82, 2.24) is 5.32 Å². The van der Waals surface area contributed by atoms with E-state index in [4.69, 9.17) is 4.74 Å². The summed E-state index contributed by atoms with van der Waals surface area (Å²) >= 11 is 3.64. The van der Waals surface area contributed by atoms with E-state index in [0.717, 1.165) is 32.1 Å². The summed E-state index contributed by atoms with van der Waals surface area (Å²) in [6, 6.07) is 9.03. The normalized spacial score (nSPS) is 16.6. The number of hydrogen-bond acceptors (Lipinski definition) is 2. The molecule has 0 aromatic heterocycles. The number of ether oxygens (including phenoxy) is 1. The maximum atomic E-state index is 5.91. The van der Waals surface area contributed by atoms with Crippen LogP contribution in [0.3, 0.4) is 0 Å². The minimum atomic E-state index is 0.528. The highest BCUT2D eigenvalue weighted by Crippen LogP contribution is 2.29. The molecule has 2 rings (SSSR count). The monoisotopic (exact) mass is 339 g/mol. The molecule has 1 N–H and O–H groups in total. The number of nitrogens with one attached hydrogen (secondary N) is 1. The van der Waals surface area contributed by atoms with E-state index < -0.39 is 0 Å². The van der Waals surface area contributed by atoms with Gasteiger partial charge in [0.2, 0.25) is 0 Å². The van der Waals surface area contributed by atoms with Gasteiger partial charge in [0.1, 0.15) is 0 Å². The second-order valence-electron chi connectivity index (χ2n) is 6.21. The molecule has 1 atom stereocenters. The number of benzene rings is 1. The molecule has 112 valence electrons. The Kier molecular flexibility index (Phi) is 6.53. The summed E-state index contributed by atoms with van der Waals surface area (Å²) in [5, 5.41) is 3.54. The van der Waals surface area contributed by atoms with Crippen LogP contribution in [0.15, 0.2) is 28.7 Å². The van der Waals surface area contributed by atoms with Gasteiger partial charge in [-0.2, -0.15) is 0 Å². The van der Waals surface area contributed by atoms with Crippen LogP contribution in [0.2, 0.25) is 0 Å². The third-order valence-corrected chi connectivity index (χ3v) is 4.46. The quantitative estimate of drug-likeness (QED) is 0.733. The second kappa shape index (κ2) is 8.16. The van der Waals surface area contributed by atoms with Gasteiger partial charge in [0.15, 0.2) is 0 Å². The number of rotatable bonds is 9.